The smallest absolute Gasteiger partial charge is 0.238 e. The summed E-state index contributed by atoms with van der Waals surface area (Å²) in [6.07, 6.45) is 0. The molecule has 1 aliphatic rings. The second kappa shape index (κ2) is 12.1. The molecule has 282 valence electrons. The van der Waals surface area contributed by atoms with Crippen LogP contribution in [-0.4, -0.2) is 24.1 Å². The standard InChI is InChI=1S/C54H35N5O/c1-54(2)42-18-8-3-13-35(42)40-29-30-46-49(50(40)54)41-17-6-11-21-45(41)58(46)34-26-23-32(24-27-34)51-55-52(33-25-28-39-38-16-7-12-22-47(38)60-48(39)31-33)57-53(56-51)59-43-19-9-4-14-36(43)37-15-5-10-20-44(37)59/h3-31H,1-2H3. The molecule has 1 aliphatic carbocycles. The summed E-state index contributed by atoms with van der Waals surface area (Å²) < 4.78 is 10.9. The van der Waals surface area contributed by atoms with Gasteiger partial charge >= 0.3 is 0 Å². The molecule has 6 nitrogen and oxygen atoms in total. The van der Waals surface area contributed by atoms with Crippen molar-refractivity contribution in [2.75, 3.05) is 0 Å². The minimum Gasteiger partial charge on any atom is -0.456 e. The maximum Gasteiger partial charge on any atom is 0.238 e. The molecule has 12 aromatic rings. The van der Waals surface area contributed by atoms with Gasteiger partial charge in [-0.2, -0.15) is 9.97 Å². The zero-order chi connectivity index (χ0) is 39.7. The van der Waals surface area contributed by atoms with Gasteiger partial charge in [-0.05, 0) is 89.0 Å². The number of fused-ring (bicyclic) bond motifs is 13. The van der Waals surface area contributed by atoms with Gasteiger partial charge in [0.05, 0.1) is 22.1 Å². The number of furan rings is 1. The summed E-state index contributed by atoms with van der Waals surface area (Å²) >= 11 is 0. The fraction of sp³-hybridized carbons (Fsp3) is 0.0556. The van der Waals surface area contributed by atoms with E-state index < -0.39 is 0 Å². The average Bonchev–Trinajstić information content (AvgIpc) is 4.01. The van der Waals surface area contributed by atoms with E-state index in [2.05, 4.69) is 175 Å². The van der Waals surface area contributed by atoms with E-state index in [1.54, 1.807) is 0 Å². The molecule has 4 heterocycles. The van der Waals surface area contributed by atoms with E-state index in [1.807, 2.05) is 24.3 Å². The molecule has 4 aromatic heterocycles. The molecule has 13 rings (SSSR count). The van der Waals surface area contributed by atoms with E-state index >= 15 is 0 Å². The van der Waals surface area contributed by atoms with E-state index in [-0.39, 0.29) is 5.41 Å². The van der Waals surface area contributed by atoms with Gasteiger partial charge in [-0.3, -0.25) is 4.57 Å². The monoisotopic (exact) mass is 769 g/mol. The van der Waals surface area contributed by atoms with Gasteiger partial charge in [0.2, 0.25) is 5.95 Å². The third-order valence-electron chi connectivity index (χ3n) is 12.8. The van der Waals surface area contributed by atoms with E-state index in [0.29, 0.717) is 17.6 Å². The Bertz CT molecular complexity index is 3700. The molecule has 8 aromatic carbocycles. The molecule has 60 heavy (non-hydrogen) atoms. The molecule has 0 unspecified atom stereocenters. The predicted molar refractivity (Wildman–Crippen MR) is 244 cm³/mol. The van der Waals surface area contributed by atoms with Gasteiger partial charge in [0.15, 0.2) is 11.6 Å². The Kier molecular flexibility index (Phi) is 6.69. The van der Waals surface area contributed by atoms with Gasteiger partial charge in [0, 0.05) is 54.5 Å². The lowest BCUT2D eigenvalue weighted by Gasteiger charge is -2.22. The molecule has 0 aliphatic heterocycles. The van der Waals surface area contributed by atoms with Crippen molar-refractivity contribution in [3.05, 3.63) is 187 Å². The van der Waals surface area contributed by atoms with E-state index in [9.17, 15) is 0 Å². The summed E-state index contributed by atoms with van der Waals surface area (Å²) in [5, 5.41) is 7.01. The molecular weight excluding hydrogens is 735 g/mol. The van der Waals surface area contributed by atoms with Crippen LogP contribution in [-0.2, 0) is 5.41 Å². The van der Waals surface area contributed by atoms with Crippen LogP contribution in [0.2, 0.25) is 0 Å². The van der Waals surface area contributed by atoms with Crippen LogP contribution in [0.4, 0.5) is 0 Å². The first-order valence-electron chi connectivity index (χ1n) is 20.4. The van der Waals surface area contributed by atoms with Gasteiger partial charge in [-0.15, -0.1) is 0 Å². The first kappa shape index (κ1) is 33.2. The Balaban J connectivity index is 0.999. The normalized spacial score (nSPS) is 13.3. The van der Waals surface area contributed by atoms with Gasteiger partial charge in [0.25, 0.3) is 0 Å². The fourth-order valence-electron chi connectivity index (χ4n) is 10.1. The van der Waals surface area contributed by atoms with E-state index in [4.69, 9.17) is 19.4 Å². The van der Waals surface area contributed by atoms with Crippen molar-refractivity contribution in [3.8, 4) is 45.5 Å². The van der Waals surface area contributed by atoms with Crippen LogP contribution in [0.3, 0.4) is 0 Å². The summed E-state index contributed by atoms with van der Waals surface area (Å²) in [7, 11) is 0. The third-order valence-corrected chi connectivity index (χ3v) is 12.8. The van der Waals surface area contributed by atoms with Crippen molar-refractivity contribution in [2.24, 2.45) is 0 Å². The Morgan fingerprint density at radius 3 is 1.77 bits per heavy atom. The highest BCUT2D eigenvalue weighted by molar-refractivity contribution is 6.14. The second-order valence-electron chi connectivity index (χ2n) is 16.4. The lowest BCUT2D eigenvalue weighted by Crippen LogP contribution is -2.15. The topological polar surface area (TPSA) is 61.7 Å². The van der Waals surface area contributed by atoms with Crippen molar-refractivity contribution >= 4 is 65.6 Å². The minimum atomic E-state index is -0.135. The number of benzene rings is 8. The summed E-state index contributed by atoms with van der Waals surface area (Å²) in [6.45, 7) is 4.73. The van der Waals surface area contributed by atoms with Crippen molar-refractivity contribution in [2.45, 2.75) is 19.3 Å². The van der Waals surface area contributed by atoms with Crippen molar-refractivity contribution in [1.29, 1.82) is 0 Å². The molecule has 0 spiro atoms. The van der Waals surface area contributed by atoms with Gasteiger partial charge in [-0.1, -0.05) is 123 Å². The first-order valence-corrected chi connectivity index (χ1v) is 20.4. The average molecular weight is 770 g/mol. The predicted octanol–water partition coefficient (Wildman–Crippen LogP) is 13.6. The summed E-state index contributed by atoms with van der Waals surface area (Å²) in [6, 6.07) is 62.2. The van der Waals surface area contributed by atoms with Crippen molar-refractivity contribution in [3.63, 3.8) is 0 Å². The Labute approximate surface area is 344 Å². The molecular formula is C54H35N5O. The Hall–Kier alpha value is -7.83. The molecule has 0 saturated carbocycles. The van der Waals surface area contributed by atoms with Crippen LogP contribution in [0.1, 0.15) is 25.0 Å². The minimum absolute atomic E-state index is 0.135. The molecule has 0 amide bonds. The largest absolute Gasteiger partial charge is 0.456 e. The van der Waals surface area contributed by atoms with Crippen LogP contribution >= 0.6 is 0 Å². The highest BCUT2D eigenvalue weighted by Crippen LogP contribution is 2.53. The van der Waals surface area contributed by atoms with Crippen LogP contribution in [0.5, 0.6) is 0 Å². The molecule has 0 atom stereocenters. The highest BCUT2D eigenvalue weighted by atomic mass is 16.3. The molecule has 0 fully saturated rings. The molecule has 0 N–H and O–H groups in total. The Morgan fingerprint density at radius 1 is 0.433 bits per heavy atom. The maximum atomic E-state index is 6.33. The number of nitrogens with zero attached hydrogens (tertiary/aromatic N) is 5. The van der Waals surface area contributed by atoms with Crippen LogP contribution in [0, 0.1) is 0 Å². The van der Waals surface area contributed by atoms with E-state index in [1.165, 1.54) is 44.1 Å². The van der Waals surface area contributed by atoms with Crippen LogP contribution in [0.15, 0.2) is 180 Å². The number of hydrogen-bond acceptors (Lipinski definition) is 4. The zero-order valence-corrected chi connectivity index (χ0v) is 32.9. The fourth-order valence-corrected chi connectivity index (χ4v) is 10.1. The lowest BCUT2D eigenvalue weighted by molar-refractivity contribution is 0.666. The summed E-state index contributed by atoms with van der Waals surface area (Å²) in [5.74, 6) is 1.72. The highest BCUT2D eigenvalue weighted by Gasteiger charge is 2.38. The molecule has 0 bridgehead atoms. The quantitative estimate of drug-likeness (QED) is 0.179. The molecule has 0 saturated heterocycles. The number of rotatable bonds is 4. The number of aromatic nitrogens is 5. The number of hydrogen-bond donors (Lipinski definition) is 0. The number of para-hydroxylation sites is 4. The summed E-state index contributed by atoms with van der Waals surface area (Å²) in [5.41, 5.74) is 14.2. The SMILES string of the molecule is CC1(C)c2ccccc2-c2ccc3c(c21)c1ccccc1n3-c1ccc(-c2nc(-c3ccc4c(c3)oc3ccccc34)nc(-n3c4ccccc4c4ccccc43)n2)cc1. The second-order valence-corrected chi connectivity index (χ2v) is 16.4. The molecule has 0 radical (unpaired) electrons. The molecule has 6 heteroatoms. The first-order chi connectivity index (χ1) is 29.5. The van der Waals surface area contributed by atoms with Crippen molar-refractivity contribution < 1.29 is 4.42 Å². The zero-order valence-electron chi connectivity index (χ0n) is 32.9. The van der Waals surface area contributed by atoms with Crippen LogP contribution in [0.25, 0.3) is 111 Å². The summed E-state index contributed by atoms with van der Waals surface area (Å²) in [4.78, 5) is 15.6. The van der Waals surface area contributed by atoms with E-state index in [0.717, 1.165) is 60.6 Å². The van der Waals surface area contributed by atoms with Gasteiger partial charge in [-0.25, -0.2) is 4.98 Å². The van der Waals surface area contributed by atoms with Crippen molar-refractivity contribution in [1.82, 2.24) is 24.1 Å². The van der Waals surface area contributed by atoms with Gasteiger partial charge < -0.3 is 8.98 Å². The third kappa shape index (κ3) is 4.56. The lowest BCUT2D eigenvalue weighted by atomic mass is 9.80. The maximum absolute atomic E-state index is 6.33. The van der Waals surface area contributed by atoms with Gasteiger partial charge in [0.1, 0.15) is 11.2 Å². The Morgan fingerprint density at radius 2 is 1.02 bits per heavy atom. The van der Waals surface area contributed by atoms with Crippen LogP contribution < -0.4 is 0 Å².